The highest BCUT2D eigenvalue weighted by atomic mass is 16.3. The van der Waals surface area contributed by atoms with Crippen LogP contribution in [-0.4, -0.2) is 45.9 Å². The third-order valence-electron chi connectivity index (χ3n) is 6.73. The molecule has 4 aromatic heterocycles. The lowest BCUT2D eigenvalue weighted by Crippen LogP contribution is -2.36. The van der Waals surface area contributed by atoms with Crippen LogP contribution in [0.4, 0.5) is 5.95 Å². The Labute approximate surface area is 198 Å². The second-order valence-corrected chi connectivity index (χ2v) is 10.3. The van der Waals surface area contributed by atoms with Gasteiger partial charge in [-0.3, -0.25) is 0 Å². The van der Waals surface area contributed by atoms with Crippen molar-refractivity contribution in [2.45, 2.75) is 71.6 Å². The van der Waals surface area contributed by atoms with Gasteiger partial charge in [0.15, 0.2) is 5.65 Å². The summed E-state index contributed by atoms with van der Waals surface area (Å²) in [5, 5.41) is 27.7. The number of nitrogens with zero attached hydrogens (tertiary/aromatic N) is 7. The number of hydrogen-bond donors (Lipinski definition) is 2. The minimum atomic E-state index is -0.565. The third kappa shape index (κ3) is 4.21. The van der Waals surface area contributed by atoms with Crippen LogP contribution in [0.1, 0.15) is 52.3 Å². The molecule has 0 spiro atoms. The number of fused-ring (bicyclic) bond motifs is 2. The van der Waals surface area contributed by atoms with Gasteiger partial charge in [-0.1, -0.05) is 0 Å². The number of anilines is 1. The van der Waals surface area contributed by atoms with Gasteiger partial charge >= 0.3 is 0 Å². The Bertz CT molecular complexity index is 1400. The molecular weight excluding hydrogens is 428 g/mol. The van der Waals surface area contributed by atoms with Crippen LogP contribution < -0.4 is 5.32 Å². The van der Waals surface area contributed by atoms with E-state index in [2.05, 4.69) is 26.5 Å². The summed E-state index contributed by atoms with van der Waals surface area (Å²) in [5.74, 6) is 1.42. The number of imidazole rings is 1. The molecule has 0 aliphatic heterocycles. The number of nitriles is 1. The number of aromatic nitrogens is 6. The first-order valence-electron chi connectivity index (χ1n) is 11.7. The van der Waals surface area contributed by atoms with E-state index in [1.165, 1.54) is 0 Å². The minimum absolute atomic E-state index is 0.262. The van der Waals surface area contributed by atoms with Crippen LogP contribution in [0, 0.1) is 23.7 Å². The number of aryl methyl sites for hydroxylation is 1. The number of pyridine rings is 1. The highest BCUT2D eigenvalue weighted by Gasteiger charge is 2.29. The maximum Gasteiger partial charge on any atom is 0.241 e. The summed E-state index contributed by atoms with van der Waals surface area (Å²) >= 11 is 0. The van der Waals surface area contributed by atoms with Gasteiger partial charge in [-0.2, -0.15) is 5.26 Å². The number of nitrogens with one attached hydrogen (secondary N) is 1. The second-order valence-electron chi connectivity index (χ2n) is 10.3. The molecule has 2 N–H and O–H groups in total. The predicted octanol–water partition coefficient (Wildman–Crippen LogP) is 4.10. The number of aliphatic hydroxyl groups is 1. The van der Waals surface area contributed by atoms with Gasteiger partial charge in [-0.25, -0.2) is 19.5 Å². The van der Waals surface area contributed by atoms with Crippen molar-refractivity contribution in [3.63, 3.8) is 0 Å². The van der Waals surface area contributed by atoms with Crippen LogP contribution in [0.3, 0.4) is 0 Å². The van der Waals surface area contributed by atoms with E-state index in [0.29, 0.717) is 12.5 Å². The van der Waals surface area contributed by atoms with Gasteiger partial charge in [-0.05, 0) is 71.6 Å². The summed E-state index contributed by atoms with van der Waals surface area (Å²) in [6.07, 6.45) is 7.07. The molecule has 9 nitrogen and oxygen atoms in total. The van der Waals surface area contributed by atoms with E-state index in [1.54, 1.807) is 0 Å². The van der Waals surface area contributed by atoms with Gasteiger partial charge in [0.2, 0.25) is 5.95 Å². The molecule has 0 unspecified atom stereocenters. The lowest BCUT2D eigenvalue weighted by atomic mass is 9.84. The predicted molar refractivity (Wildman–Crippen MR) is 130 cm³/mol. The molecule has 0 saturated heterocycles. The van der Waals surface area contributed by atoms with E-state index in [1.807, 2.05) is 67.4 Å². The fraction of sp³-hybridized carbons (Fsp3) is 0.480. The molecule has 1 saturated carbocycles. The summed E-state index contributed by atoms with van der Waals surface area (Å²) in [6, 6.07) is 8.55. The van der Waals surface area contributed by atoms with E-state index >= 15 is 0 Å². The van der Waals surface area contributed by atoms with Gasteiger partial charge in [-0.15, -0.1) is 5.10 Å². The summed E-state index contributed by atoms with van der Waals surface area (Å²) < 4.78 is 3.83. The Balaban J connectivity index is 1.44. The molecule has 0 aromatic carbocycles. The van der Waals surface area contributed by atoms with Crippen molar-refractivity contribution >= 4 is 22.6 Å². The highest BCUT2D eigenvalue weighted by molar-refractivity contribution is 5.82. The van der Waals surface area contributed by atoms with Crippen LogP contribution in [-0.2, 0) is 6.54 Å². The summed E-state index contributed by atoms with van der Waals surface area (Å²) in [4.78, 5) is 14.1. The smallest absolute Gasteiger partial charge is 0.241 e. The van der Waals surface area contributed by atoms with Gasteiger partial charge < -0.3 is 15.0 Å². The third-order valence-corrected chi connectivity index (χ3v) is 6.73. The van der Waals surface area contributed by atoms with Crippen LogP contribution in [0.2, 0.25) is 0 Å². The normalized spacial score (nSPS) is 21.1. The molecule has 4 heterocycles. The number of hydrogen-bond acceptors (Lipinski definition) is 7. The molecule has 5 rings (SSSR count). The first kappa shape index (κ1) is 22.3. The molecule has 0 bridgehead atoms. The standard InChI is InChI=1S/C25H30N8O/c1-16-28-20-6-5-19(30-22(20)32(16)15-24(2,3)14-26)18-9-12-33-21(18)13-27-23(31-33)29-17-7-10-25(4,34)11-8-17/h5-6,9,12-13,17,34H,7-8,10-11,15H2,1-4H3,(H,29,31). The molecular formula is C25H30N8O. The van der Waals surface area contributed by atoms with Crippen molar-refractivity contribution in [1.29, 1.82) is 5.26 Å². The summed E-state index contributed by atoms with van der Waals surface area (Å²) in [5.41, 5.74) is 3.10. The second kappa shape index (κ2) is 8.06. The van der Waals surface area contributed by atoms with Gasteiger partial charge in [0.05, 0.1) is 34.5 Å². The maximum atomic E-state index is 10.2. The fourth-order valence-corrected chi connectivity index (χ4v) is 4.63. The van der Waals surface area contributed by atoms with E-state index in [0.717, 1.165) is 59.4 Å². The van der Waals surface area contributed by atoms with Crippen molar-refractivity contribution in [3.8, 4) is 17.3 Å². The van der Waals surface area contributed by atoms with E-state index < -0.39 is 11.0 Å². The molecule has 1 fully saturated rings. The maximum absolute atomic E-state index is 10.2. The fourth-order valence-electron chi connectivity index (χ4n) is 4.63. The quantitative estimate of drug-likeness (QED) is 0.462. The molecule has 0 atom stereocenters. The molecule has 0 radical (unpaired) electrons. The molecule has 0 amide bonds. The monoisotopic (exact) mass is 458 g/mol. The zero-order chi connectivity index (χ0) is 24.1. The first-order valence-corrected chi connectivity index (χ1v) is 11.7. The Hall–Kier alpha value is -3.51. The van der Waals surface area contributed by atoms with Gasteiger partial charge in [0, 0.05) is 24.3 Å². The van der Waals surface area contributed by atoms with Crippen molar-refractivity contribution in [2.75, 3.05) is 5.32 Å². The summed E-state index contributed by atoms with van der Waals surface area (Å²) in [7, 11) is 0. The molecule has 9 heteroatoms. The van der Waals surface area contributed by atoms with E-state index in [-0.39, 0.29) is 6.04 Å². The van der Waals surface area contributed by atoms with Crippen LogP contribution in [0.25, 0.3) is 27.9 Å². The average molecular weight is 459 g/mol. The average Bonchev–Trinajstić information content (AvgIpc) is 3.35. The van der Waals surface area contributed by atoms with Crippen molar-refractivity contribution < 1.29 is 5.11 Å². The van der Waals surface area contributed by atoms with E-state index in [4.69, 9.17) is 4.98 Å². The number of rotatable bonds is 5. The Kier molecular flexibility index (Phi) is 5.29. The zero-order valence-electron chi connectivity index (χ0n) is 20.1. The Morgan fingerprint density at radius 1 is 1.24 bits per heavy atom. The van der Waals surface area contributed by atoms with Crippen molar-refractivity contribution in [3.05, 3.63) is 36.4 Å². The molecule has 1 aliphatic carbocycles. The summed E-state index contributed by atoms with van der Waals surface area (Å²) in [6.45, 7) is 8.20. The zero-order valence-corrected chi connectivity index (χ0v) is 20.1. The van der Waals surface area contributed by atoms with Crippen LogP contribution in [0.5, 0.6) is 0 Å². The topological polar surface area (TPSA) is 117 Å². The lowest BCUT2D eigenvalue weighted by molar-refractivity contribution is 0.0195. The first-order chi connectivity index (χ1) is 16.1. The molecule has 176 valence electrons. The van der Waals surface area contributed by atoms with Crippen LogP contribution in [0.15, 0.2) is 30.6 Å². The SMILES string of the molecule is Cc1nc2ccc(-c3ccn4nc(NC5CCC(C)(O)CC5)ncc34)nc2n1CC(C)(C)C#N. The van der Waals surface area contributed by atoms with Crippen molar-refractivity contribution in [1.82, 2.24) is 29.1 Å². The molecule has 1 aliphatic rings. The van der Waals surface area contributed by atoms with Crippen LogP contribution >= 0.6 is 0 Å². The van der Waals surface area contributed by atoms with Gasteiger partial charge in [0.1, 0.15) is 11.3 Å². The highest BCUT2D eigenvalue weighted by Crippen LogP contribution is 2.30. The van der Waals surface area contributed by atoms with E-state index in [9.17, 15) is 10.4 Å². The Morgan fingerprint density at radius 3 is 2.74 bits per heavy atom. The molecule has 34 heavy (non-hydrogen) atoms. The van der Waals surface area contributed by atoms with Gasteiger partial charge in [0.25, 0.3) is 0 Å². The lowest BCUT2D eigenvalue weighted by Gasteiger charge is -2.33. The minimum Gasteiger partial charge on any atom is -0.390 e. The molecule has 4 aromatic rings. The van der Waals surface area contributed by atoms with Crippen molar-refractivity contribution in [2.24, 2.45) is 5.41 Å². The Morgan fingerprint density at radius 2 is 2.00 bits per heavy atom. The largest absolute Gasteiger partial charge is 0.390 e.